The van der Waals surface area contributed by atoms with Crippen LogP contribution in [-0.4, -0.2) is 61.6 Å². The Morgan fingerprint density at radius 2 is 1.32 bits per heavy atom. The summed E-state index contributed by atoms with van der Waals surface area (Å²) in [6, 6.07) is 14.9. The second kappa shape index (κ2) is 17.3. The average molecular weight is 569 g/mol. The molecular formula is C30H40N4O7. The minimum atomic E-state index is -1.17. The molecule has 2 aromatic carbocycles. The van der Waals surface area contributed by atoms with Crippen LogP contribution in [0.1, 0.15) is 44.7 Å². The number of methoxy groups -OCH3 is 1. The van der Waals surface area contributed by atoms with E-state index in [1.165, 1.54) is 7.11 Å². The summed E-state index contributed by atoms with van der Waals surface area (Å²) in [6.07, 6.45) is -0.163. The smallest absolute Gasteiger partial charge is 0.408 e. The van der Waals surface area contributed by atoms with E-state index in [9.17, 15) is 24.0 Å². The molecular weight excluding hydrogens is 528 g/mol. The summed E-state index contributed by atoms with van der Waals surface area (Å²) < 4.78 is 10.1. The highest BCUT2D eigenvalue weighted by molar-refractivity contribution is 5.93. The predicted molar refractivity (Wildman–Crippen MR) is 152 cm³/mol. The molecule has 0 radical (unpaired) electrons. The van der Waals surface area contributed by atoms with Crippen LogP contribution in [0.4, 0.5) is 4.79 Å². The quantitative estimate of drug-likeness (QED) is 0.241. The highest BCUT2D eigenvalue weighted by Gasteiger charge is 2.31. The van der Waals surface area contributed by atoms with Gasteiger partial charge in [-0.2, -0.15) is 0 Å². The Labute approximate surface area is 240 Å². The van der Waals surface area contributed by atoms with Crippen molar-refractivity contribution in [3.05, 3.63) is 71.8 Å². The molecule has 2 aromatic rings. The predicted octanol–water partition coefficient (Wildman–Crippen LogP) is 2.24. The average Bonchev–Trinajstić information content (AvgIpc) is 2.97. The van der Waals surface area contributed by atoms with E-state index in [0.717, 1.165) is 11.1 Å². The lowest BCUT2D eigenvalue weighted by molar-refractivity contribution is -0.145. The number of carbonyl (C=O) groups excluding carboxylic acids is 5. The molecule has 0 aromatic heterocycles. The normalized spacial score (nSPS) is 12.8. The maximum atomic E-state index is 13.4. The summed E-state index contributed by atoms with van der Waals surface area (Å²) in [6.45, 7) is 5.31. The number of hydrogen-bond donors (Lipinski definition) is 4. The second-order valence-electron chi connectivity index (χ2n) is 9.88. The first-order chi connectivity index (χ1) is 19.6. The Bertz CT molecular complexity index is 1140. The van der Waals surface area contributed by atoms with E-state index < -0.39 is 42.0 Å². The SMILES string of the molecule is CCC(=O)NC[C@H](NC(=O)[C@H](Cc1ccccc1)NC(=O)[C@H](CC(C)C)NC(=O)OCc1ccccc1)C(=O)OC. The fourth-order valence-electron chi connectivity index (χ4n) is 3.89. The molecule has 0 fully saturated rings. The third-order valence-electron chi connectivity index (χ3n) is 6.07. The minimum Gasteiger partial charge on any atom is -0.467 e. The maximum Gasteiger partial charge on any atom is 0.408 e. The van der Waals surface area contributed by atoms with Gasteiger partial charge >= 0.3 is 12.1 Å². The Balaban J connectivity index is 2.18. The Morgan fingerprint density at radius 1 is 0.756 bits per heavy atom. The van der Waals surface area contributed by atoms with Gasteiger partial charge in [0.2, 0.25) is 17.7 Å². The van der Waals surface area contributed by atoms with Crippen molar-refractivity contribution in [2.45, 2.75) is 64.8 Å². The van der Waals surface area contributed by atoms with Crippen LogP contribution in [0.5, 0.6) is 0 Å². The van der Waals surface area contributed by atoms with Gasteiger partial charge < -0.3 is 30.7 Å². The van der Waals surface area contributed by atoms with Crippen molar-refractivity contribution >= 4 is 29.8 Å². The fourth-order valence-corrected chi connectivity index (χ4v) is 3.89. The number of alkyl carbamates (subject to hydrolysis) is 1. The van der Waals surface area contributed by atoms with Crippen molar-refractivity contribution < 1.29 is 33.4 Å². The van der Waals surface area contributed by atoms with E-state index in [4.69, 9.17) is 9.47 Å². The van der Waals surface area contributed by atoms with Crippen molar-refractivity contribution in [3.8, 4) is 0 Å². The number of hydrogen-bond acceptors (Lipinski definition) is 7. The van der Waals surface area contributed by atoms with Gasteiger partial charge in [0.1, 0.15) is 24.7 Å². The highest BCUT2D eigenvalue weighted by atomic mass is 16.5. The zero-order valence-corrected chi connectivity index (χ0v) is 24.0. The molecule has 11 nitrogen and oxygen atoms in total. The minimum absolute atomic E-state index is 0.0330. The van der Waals surface area contributed by atoms with Crippen LogP contribution in [0.2, 0.25) is 0 Å². The Kier molecular flexibility index (Phi) is 13.9. The number of amides is 4. The van der Waals surface area contributed by atoms with Gasteiger partial charge in [0.05, 0.1) is 7.11 Å². The summed E-state index contributed by atoms with van der Waals surface area (Å²) in [5.74, 6) is -2.25. The summed E-state index contributed by atoms with van der Waals surface area (Å²) in [4.78, 5) is 63.4. The molecule has 0 bridgehead atoms. The van der Waals surface area contributed by atoms with Crippen molar-refractivity contribution in [1.82, 2.24) is 21.3 Å². The van der Waals surface area contributed by atoms with Crippen LogP contribution < -0.4 is 21.3 Å². The lowest BCUT2D eigenvalue weighted by Crippen LogP contribution is -2.58. The molecule has 4 N–H and O–H groups in total. The van der Waals surface area contributed by atoms with Gasteiger partial charge in [-0.15, -0.1) is 0 Å². The summed E-state index contributed by atoms with van der Waals surface area (Å²) in [5, 5.41) is 10.5. The molecule has 4 amide bonds. The van der Waals surface area contributed by atoms with E-state index in [1.807, 2.05) is 50.2 Å². The first-order valence-electron chi connectivity index (χ1n) is 13.6. The van der Waals surface area contributed by atoms with E-state index in [-0.39, 0.29) is 37.8 Å². The molecule has 0 heterocycles. The molecule has 0 aliphatic carbocycles. The van der Waals surface area contributed by atoms with Gasteiger partial charge in [0.15, 0.2) is 0 Å². The molecule has 2 rings (SSSR count). The van der Waals surface area contributed by atoms with Gasteiger partial charge in [0.25, 0.3) is 0 Å². The molecule has 3 atom stereocenters. The number of ether oxygens (including phenoxy) is 2. The van der Waals surface area contributed by atoms with Gasteiger partial charge in [-0.1, -0.05) is 81.4 Å². The lowest BCUT2D eigenvalue weighted by atomic mass is 10.0. The molecule has 11 heteroatoms. The number of nitrogens with one attached hydrogen (secondary N) is 4. The van der Waals surface area contributed by atoms with Crippen LogP contribution in [-0.2, 0) is 41.7 Å². The van der Waals surface area contributed by atoms with Gasteiger partial charge in [0, 0.05) is 19.4 Å². The van der Waals surface area contributed by atoms with Gasteiger partial charge in [-0.3, -0.25) is 14.4 Å². The first-order valence-corrected chi connectivity index (χ1v) is 13.6. The lowest BCUT2D eigenvalue weighted by Gasteiger charge is -2.25. The largest absolute Gasteiger partial charge is 0.467 e. The van der Waals surface area contributed by atoms with Crippen molar-refractivity contribution in [2.24, 2.45) is 5.92 Å². The van der Waals surface area contributed by atoms with E-state index >= 15 is 0 Å². The fraction of sp³-hybridized carbons (Fsp3) is 0.433. The van der Waals surface area contributed by atoms with Crippen LogP contribution >= 0.6 is 0 Å². The molecule has 0 aliphatic rings. The molecule has 41 heavy (non-hydrogen) atoms. The zero-order chi connectivity index (χ0) is 30.2. The zero-order valence-electron chi connectivity index (χ0n) is 24.0. The van der Waals surface area contributed by atoms with Crippen LogP contribution in [0.25, 0.3) is 0 Å². The maximum absolute atomic E-state index is 13.4. The topological polar surface area (TPSA) is 152 Å². The van der Waals surface area contributed by atoms with Crippen molar-refractivity contribution in [3.63, 3.8) is 0 Å². The van der Waals surface area contributed by atoms with E-state index in [2.05, 4.69) is 21.3 Å². The van der Waals surface area contributed by atoms with Gasteiger partial charge in [-0.05, 0) is 23.5 Å². The third kappa shape index (κ3) is 12.1. The highest BCUT2D eigenvalue weighted by Crippen LogP contribution is 2.09. The van der Waals surface area contributed by atoms with E-state index in [0.29, 0.717) is 6.42 Å². The van der Waals surface area contributed by atoms with Crippen molar-refractivity contribution in [2.75, 3.05) is 13.7 Å². The second-order valence-corrected chi connectivity index (χ2v) is 9.88. The van der Waals surface area contributed by atoms with E-state index in [1.54, 1.807) is 31.2 Å². The molecule has 0 unspecified atom stereocenters. The first kappa shape index (κ1) is 32.8. The number of carbonyl (C=O) groups is 5. The number of benzene rings is 2. The van der Waals surface area contributed by atoms with Crippen LogP contribution in [0.15, 0.2) is 60.7 Å². The van der Waals surface area contributed by atoms with Crippen molar-refractivity contribution in [1.29, 1.82) is 0 Å². The molecule has 0 saturated carbocycles. The molecule has 0 aliphatic heterocycles. The summed E-state index contributed by atoms with van der Waals surface area (Å²) in [7, 11) is 1.17. The van der Waals surface area contributed by atoms with Crippen LogP contribution in [0, 0.1) is 5.92 Å². The standard InChI is InChI=1S/C30H40N4O7/c1-5-26(35)31-18-25(29(38)40-4)33-28(37)24(17-21-12-8-6-9-13-21)32-27(36)23(16-20(2)3)34-30(39)41-19-22-14-10-7-11-15-22/h6-15,20,23-25H,5,16-19H2,1-4H3,(H,31,35)(H,32,36)(H,33,37)(H,34,39)/t23-,24-,25-/m0/s1. The monoisotopic (exact) mass is 568 g/mol. The Hall–Kier alpha value is -4.41. The third-order valence-corrected chi connectivity index (χ3v) is 6.07. The number of esters is 1. The summed E-state index contributed by atoms with van der Waals surface area (Å²) in [5.41, 5.74) is 1.56. The van der Waals surface area contributed by atoms with Crippen LogP contribution in [0.3, 0.4) is 0 Å². The Morgan fingerprint density at radius 3 is 1.88 bits per heavy atom. The number of rotatable bonds is 15. The molecule has 222 valence electrons. The molecule has 0 saturated heterocycles. The summed E-state index contributed by atoms with van der Waals surface area (Å²) >= 11 is 0. The van der Waals surface area contributed by atoms with Gasteiger partial charge in [-0.25, -0.2) is 9.59 Å². The molecule has 0 spiro atoms.